The summed E-state index contributed by atoms with van der Waals surface area (Å²) in [5, 5.41) is 10.8. The summed E-state index contributed by atoms with van der Waals surface area (Å²) in [6.07, 6.45) is 5.79. The van der Waals surface area contributed by atoms with Crippen molar-refractivity contribution in [1.29, 1.82) is 5.26 Å². The van der Waals surface area contributed by atoms with Gasteiger partial charge in [-0.2, -0.15) is 5.26 Å². The number of nitrogens with one attached hydrogen (secondary N) is 1. The van der Waals surface area contributed by atoms with Gasteiger partial charge in [-0.25, -0.2) is 4.98 Å². The quantitative estimate of drug-likeness (QED) is 0.331. The van der Waals surface area contributed by atoms with Crippen molar-refractivity contribution in [2.24, 2.45) is 5.73 Å². The molecule has 9 heteroatoms. The van der Waals surface area contributed by atoms with E-state index in [0.717, 1.165) is 67.8 Å². The number of amides is 1. The van der Waals surface area contributed by atoms with Gasteiger partial charge >= 0.3 is 0 Å². The summed E-state index contributed by atoms with van der Waals surface area (Å²) >= 11 is 0. The number of carbonyl (C=O) groups excluding carboxylic acids is 1. The predicted octanol–water partition coefficient (Wildman–Crippen LogP) is 3.59. The monoisotopic (exact) mass is 531 g/mol. The predicted molar refractivity (Wildman–Crippen MR) is 156 cm³/mol. The van der Waals surface area contributed by atoms with Crippen molar-refractivity contribution >= 4 is 33.4 Å². The second kappa shape index (κ2) is 10.7. The molecule has 6 rings (SSSR count). The number of nitrogens with zero attached hydrogens (tertiary/aromatic N) is 5. The van der Waals surface area contributed by atoms with Crippen molar-refractivity contribution in [2.75, 3.05) is 37.6 Å². The molecule has 0 spiro atoms. The van der Waals surface area contributed by atoms with Crippen LogP contribution in [0.1, 0.15) is 28.0 Å². The van der Waals surface area contributed by atoms with Crippen LogP contribution in [0.4, 0.5) is 5.69 Å². The molecule has 1 aliphatic heterocycles. The molecule has 1 amide bonds. The molecule has 0 unspecified atom stereocenters. The summed E-state index contributed by atoms with van der Waals surface area (Å²) < 4.78 is 1.59. The lowest BCUT2D eigenvalue weighted by Gasteiger charge is -2.36. The van der Waals surface area contributed by atoms with Crippen molar-refractivity contribution in [1.82, 2.24) is 19.4 Å². The van der Waals surface area contributed by atoms with E-state index in [9.17, 15) is 14.9 Å². The number of aryl methyl sites for hydroxylation is 1. The summed E-state index contributed by atoms with van der Waals surface area (Å²) in [6.45, 7) is 4.93. The maximum Gasteiger partial charge on any atom is 0.267 e. The van der Waals surface area contributed by atoms with Gasteiger partial charge in [-0.05, 0) is 85.6 Å². The van der Waals surface area contributed by atoms with Crippen molar-refractivity contribution < 1.29 is 4.79 Å². The lowest BCUT2D eigenvalue weighted by Crippen LogP contribution is -2.46. The summed E-state index contributed by atoms with van der Waals surface area (Å²) in [7, 11) is 0. The average Bonchev–Trinajstić information content (AvgIpc) is 3.39. The third-order valence-corrected chi connectivity index (χ3v) is 7.69. The van der Waals surface area contributed by atoms with Crippen LogP contribution >= 0.6 is 0 Å². The lowest BCUT2D eigenvalue weighted by atomic mass is 10.1. The molecule has 0 bridgehead atoms. The molecule has 0 aliphatic carbocycles. The minimum Gasteiger partial charge on any atom is -0.369 e. The molecule has 2 aromatic carbocycles. The third-order valence-electron chi connectivity index (χ3n) is 7.69. The van der Waals surface area contributed by atoms with E-state index < -0.39 is 5.91 Å². The number of primary amides is 1. The minimum absolute atomic E-state index is 0.137. The van der Waals surface area contributed by atoms with Gasteiger partial charge in [0, 0.05) is 60.9 Å². The normalized spacial score (nSPS) is 14.0. The molecular weight excluding hydrogens is 502 g/mol. The SMILES string of the molecule is N#Cc1ccc2[nH]cc(CCCN3CCN(c4ccc(-n5ccc6nc(C(N)=O)ccc6c5=O)cc4)CC3)c2c1. The smallest absolute Gasteiger partial charge is 0.267 e. The van der Waals surface area contributed by atoms with Crippen LogP contribution in [0.2, 0.25) is 0 Å². The van der Waals surface area contributed by atoms with Gasteiger partial charge in [0.2, 0.25) is 0 Å². The first-order valence-electron chi connectivity index (χ1n) is 13.4. The van der Waals surface area contributed by atoms with Crippen molar-refractivity contribution in [3.8, 4) is 11.8 Å². The zero-order chi connectivity index (χ0) is 27.6. The Morgan fingerprint density at radius 3 is 2.50 bits per heavy atom. The van der Waals surface area contributed by atoms with E-state index in [0.29, 0.717) is 16.5 Å². The maximum atomic E-state index is 13.1. The number of fused-ring (bicyclic) bond motifs is 2. The number of rotatable bonds is 7. The van der Waals surface area contributed by atoms with Crippen molar-refractivity contribution in [3.05, 3.63) is 100 Å². The van der Waals surface area contributed by atoms with Gasteiger partial charge < -0.3 is 15.6 Å². The van der Waals surface area contributed by atoms with E-state index >= 15 is 0 Å². The summed E-state index contributed by atoms with van der Waals surface area (Å²) in [6, 6.07) is 20.9. The lowest BCUT2D eigenvalue weighted by molar-refractivity contribution is 0.0996. The second-order valence-electron chi connectivity index (χ2n) is 10.1. The maximum absolute atomic E-state index is 13.1. The fourth-order valence-electron chi connectivity index (χ4n) is 5.47. The number of H-pyrrole nitrogens is 1. The number of hydrogen-bond donors (Lipinski definition) is 2. The van der Waals surface area contributed by atoms with Crippen LogP contribution in [0.3, 0.4) is 0 Å². The molecule has 4 heterocycles. The zero-order valence-corrected chi connectivity index (χ0v) is 22.0. The van der Waals surface area contributed by atoms with E-state index in [1.165, 1.54) is 11.6 Å². The molecule has 0 saturated carbocycles. The van der Waals surface area contributed by atoms with Crippen LogP contribution in [0, 0.1) is 11.3 Å². The fraction of sp³-hybridized carbons (Fsp3) is 0.226. The molecular formula is C31H29N7O2. The highest BCUT2D eigenvalue weighted by Gasteiger charge is 2.17. The van der Waals surface area contributed by atoms with Gasteiger partial charge in [-0.3, -0.25) is 19.1 Å². The summed E-state index contributed by atoms with van der Waals surface area (Å²) in [4.78, 5) is 36.9. The number of benzene rings is 2. The third kappa shape index (κ3) is 4.93. The molecule has 9 nitrogen and oxygen atoms in total. The molecule has 1 aliphatic rings. The van der Waals surface area contributed by atoms with Crippen LogP contribution in [-0.2, 0) is 6.42 Å². The number of nitrogens with two attached hydrogens (primary N) is 1. The van der Waals surface area contributed by atoms with Crippen molar-refractivity contribution in [2.45, 2.75) is 12.8 Å². The number of aromatic amines is 1. The fourth-order valence-corrected chi connectivity index (χ4v) is 5.47. The van der Waals surface area contributed by atoms with E-state index in [1.807, 2.05) is 30.3 Å². The minimum atomic E-state index is -0.621. The molecule has 200 valence electrons. The van der Waals surface area contributed by atoms with E-state index in [1.54, 1.807) is 22.9 Å². The Bertz CT molecular complexity index is 1810. The number of nitriles is 1. The molecule has 0 atom stereocenters. The standard InChI is InChI=1S/C31H29N7O2/c32-19-21-3-9-27-26(18-21)22(20-34-27)2-1-12-36-14-16-37(17-15-36)23-4-6-24(7-5-23)38-13-11-28-25(31(38)40)8-10-29(35-28)30(33)39/h3-11,13,18,20,34H,1-2,12,14-17H2,(H2,33,39). The Morgan fingerprint density at radius 1 is 0.975 bits per heavy atom. The number of pyridine rings is 2. The molecule has 1 saturated heterocycles. The van der Waals surface area contributed by atoms with Gasteiger partial charge in [0.15, 0.2) is 0 Å². The van der Waals surface area contributed by atoms with Crippen molar-refractivity contribution in [3.63, 3.8) is 0 Å². The molecule has 3 aromatic heterocycles. The average molecular weight is 532 g/mol. The highest BCUT2D eigenvalue weighted by molar-refractivity contribution is 5.93. The summed E-state index contributed by atoms with van der Waals surface area (Å²) in [5.41, 5.74) is 10.6. The number of anilines is 1. The Hall–Kier alpha value is -4.94. The highest BCUT2D eigenvalue weighted by atomic mass is 16.1. The molecule has 1 fully saturated rings. The van der Waals surface area contributed by atoms with Gasteiger partial charge in [0.1, 0.15) is 5.69 Å². The molecule has 5 aromatic rings. The number of hydrogen-bond acceptors (Lipinski definition) is 6. The van der Waals surface area contributed by atoms with Crippen LogP contribution in [0.5, 0.6) is 0 Å². The van der Waals surface area contributed by atoms with Gasteiger partial charge in [0.05, 0.1) is 22.5 Å². The molecule has 40 heavy (non-hydrogen) atoms. The number of carbonyl (C=O) groups is 1. The first-order chi connectivity index (χ1) is 19.5. The van der Waals surface area contributed by atoms with Crippen LogP contribution in [-0.4, -0.2) is 58.1 Å². The largest absolute Gasteiger partial charge is 0.369 e. The molecule has 3 N–H and O–H groups in total. The van der Waals surface area contributed by atoms with Crippen LogP contribution < -0.4 is 16.2 Å². The summed E-state index contributed by atoms with van der Waals surface area (Å²) in [5.74, 6) is -0.621. The number of piperazine rings is 1. The van der Waals surface area contributed by atoms with Crippen LogP contribution in [0.15, 0.2) is 77.9 Å². The Morgan fingerprint density at radius 2 is 1.75 bits per heavy atom. The Labute approximate surface area is 231 Å². The van der Waals surface area contributed by atoms with Gasteiger partial charge in [0.25, 0.3) is 11.5 Å². The second-order valence-corrected chi connectivity index (χ2v) is 10.1. The Kier molecular flexibility index (Phi) is 6.76. The van der Waals surface area contributed by atoms with Gasteiger partial charge in [-0.1, -0.05) is 0 Å². The molecule has 0 radical (unpaired) electrons. The Balaban J connectivity index is 1.05. The topological polar surface area (TPSA) is 124 Å². The zero-order valence-electron chi connectivity index (χ0n) is 22.0. The number of aromatic nitrogens is 3. The van der Waals surface area contributed by atoms with Crippen LogP contribution in [0.25, 0.3) is 27.5 Å². The van der Waals surface area contributed by atoms with E-state index in [2.05, 4.69) is 44.2 Å². The van der Waals surface area contributed by atoms with E-state index in [4.69, 9.17) is 5.73 Å². The highest BCUT2D eigenvalue weighted by Crippen LogP contribution is 2.22. The first-order valence-corrected chi connectivity index (χ1v) is 13.4. The van der Waals surface area contributed by atoms with Gasteiger partial charge in [-0.15, -0.1) is 0 Å². The first kappa shape index (κ1) is 25.3. The van der Waals surface area contributed by atoms with E-state index in [-0.39, 0.29) is 11.3 Å².